The number of nitrogens with zero attached hydrogens (tertiary/aromatic N) is 2. The van der Waals surface area contributed by atoms with Crippen molar-refractivity contribution in [3.63, 3.8) is 0 Å². The van der Waals surface area contributed by atoms with Crippen molar-refractivity contribution in [2.45, 2.75) is 25.2 Å². The Morgan fingerprint density at radius 2 is 1.68 bits per heavy atom. The van der Waals surface area contributed by atoms with Gasteiger partial charge in [-0.3, -0.25) is 24.1 Å². The van der Waals surface area contributed by atoms with Crippen LogP contribution in [0.1, 0.15) is 17.5 Å². The second-order valence-electron chi connectivity index (χ2n) is 8.99. The van der Waals surface area contributed by atoms with E-state index in [0.717, 1.165) is 17.0 Å². The number of aliphatic carboxylic acids is 1. The molecule has 1 atom stereocenters. The normalized spacial score (nSPS) is 15.0. The van der Waals surface area contributed by atoms with Crippen LogP contribution in [0, 0.1) is 23.3 Å². The number of ether oxygens (including phenoxy) is 1. The predicted octanol–water partition coefficient (Wildman–Crippen LogP) is 2.51. The van der Waals surface area contributed by atoms with E-state index in [9.17, 15) is 49.9 Å². The van der Waals surface area contributed by atoms with Gasteiger partial charge in [0.05, 0.1) is 25.1 Å². The molecule has 1 aliphatic heterocycles. The molecule has 0 aliphatic carbocycles. The number of Topliss-reactive ketones (excluding diaryl/α,β-unsaturated/α-hetero) is 1. The molecule has 1 aliphatic rings. The fraction of sp³-hybridized carbons (Fsp3) is 0.360. The topological polar surface area (TPSA) is 116 Å². The van der Waals surface area contributed by atoms with Gasteiger partial charge < -0.3 is 20.1 Å². The fourth-order valence-corrected chi connectivity index (χ4v) is 3.92. The van der Waals surface area contributed by atoms with Crippen molar-refractivity contribution < 1.29 is 59.8 Å². The summed E-state index contributed by atoms with van der Waals surface area (Å²) in [6, 6.07) is 2.71. The van der Waals surface area contributed by atoms with Gasteiger partial charge in [0.25, 0.3) is 0 Å². The highest BCUT2D eigenvalue weighted by atomic mass is 19.4. The van der Waals surface area contributed by atoms with Gasteiger partial charge in [-0.15, -0.1) is 0 Å². The van der Waals surface area contributed by atoms with Crippen LogP contribution >= 0.6 is 0 Å². The molecule has 16 heteroatoms. The van der Waals surface area contributed by atoms with Crippen LogP contribution in [-0.4, -0.2) is 77.3 Å². The molecule has 9 nitrogen and oxygen atoms in total. The number of nitrogens with one attached hydrogen (secondary N) is 1. The molecule has 0 bridgehead atoms. The second kappa shape index (κ2) is 13.0. The lowest BCUT2D eigenvalue weighted by Gasteiger charge is -2.34. The quantitative estimate of drug-likeness (QED) is 0.304. The van der Waals surface area contributed by atoms with Crippen molar-refractivity contribution in [3.05, 3.63) is 64.7 Å². The van der Waals surface area contributed by atoms with Crippen LogP contribution in [0.25, 0.3) is 0 Å². The van der Waals surface area contributed by atoms with Gasteiger partial charge in [-0.2, -0.15) is 22.0 Å². The zero-order valence-electron chi connectivity index (χ0n) is 20.9. The summed E-state index contributed by atoms with van der Waals surface area (Å²) in [5.74, 6) is -13.3. The number of rotatable bonds is 11. The maximum absolute atomic E-state index is 13.8. The summed E-state index contributed by atoms with van der Waals surface area (Å²) < 4.78 is 97.5. The molecular weight excluding hydrogens is 571 g/mol. The molecule has 3 rings (SSSR count). The van der Waals surface area contributed by atoms with Crippen molar-refractivity contribution in [1.82, 2.24) is 15.1 Å². The number of benzene rings is 2. The minimum Gasteiger partial charge on any atom is -0.481 e. The van der Waals surface area contributed by atoms with Crippen molar-refractivity contribution in [1.29, 1.82) is 0 Å². The minimum absolute atomic E-state index is 0.0183. The van der Waals surface area contributed by atoms with Crippen LogP contribution in [-0.2, 0) is 31.9 Å². The van der Waals surface area contributed by atoms with Gasteiger partial charge in [0, 0.05) is 25.7 Å². The number of carbonyl (C=O) groups excluding carboxylic acids is 3. The summed E-state index contributed by atoms with van der Waals surface area (Å²) in [6.45, 7) is -1.92. The van der Waals surface area contributed by atoms with Crippen molar-refractivity contribution in [3.8, 4) is 5.75 Å². The van der Waals surface area contributed by atoms with Gasteiger partial charge in [-0.05, 0) is 11.6 Å². The second-order valence-corrected chi connectivity index (χ2v) is 8.99. The average molecular weight is 593 g/mol. The number of hydrogen-bond donors (Lipinski definition) is 2. The van der Waals surface area contributed by atoms with Crippen LogP contribution in [0.3, 0.4) is 0 Å². The molecular formula is C25H22F7N3O6. The molecule has 1 saturated heterocycles. The third kappa shape index (κ3) is 8.39. The molecule has 1 heterocycles. The molecule has 2 aromatic carbocycles. The van der Waals surface area contributed by atoms with Crippen molar-refractivity contribution >= 4 is 23.6 Å². The van der Waals surface area contributed by atoms with E-state index in [-0.39, 0.29) is 32.2 Å². The molecule has 41 heavy (non-hydrogen) atoms. The summed E-state index contributed by atoms with van der Waals surface area (Å²) in [5, 5.41) is 11.1. The summed E-state index contributed by atoms with van der Waals surface area (Å²) >= 11 is 0. The average Bonchev–Trinajstić information content (AvgIpc) is 2.88. The monoisotopic (exact) mass is 593 g/mol. The highest BCUT2D eigenvalue weighted by Gasteiger charge is 2.32. The Labute approximate surface area is 227 Å². The van der Waals surface area contributed by atoms with Crippen LogP contribution in [0.5, 0.6) is 5.75 Å². The van der Waals surface area contributed by atoms with Crippen LogP contribution in [0.4, 0.5) is 30.7 Å². The van der Waals surface area contributed by atoms with E-state index in [4.69, 9.17) is 5.11 Å². The highest BCUT2D eigenvalue weighted by molar-refractivity contribution is 5.94. The van der Waals surface area contributed by atoms with Gasteiger partial charge >= 0.3 is 12.1 Å². The predicted molar refractivity (Wildman–Crippen MR) is 124 cm³/mol. The number of amides is 2. The zero-order chi connectivity index (χ0) is 30.5. The largest absolute Gasteiger partial charge is 0.481 e. The number of halogens is 7. The first kappa shape index (κ1) is 31.3. The van der Waals surface area contributed by atoms with Crippen LogP contribution < -0.4 is 10.1 Å². The van der Waals surface area contributed by atoms with E-state index in [1.54, 1.807) is 4.90 Å². The Kier molecular flexibility index (Phi) is 9.91. The summed E-state index contributed by atoms with van der Waals surface area (Å²) in [7, 11) is 0. The first-order chi connectivity index (χ1) is 19.1. The van der Waals surface area contributed by atoms with E-state index >= 15 is 0 Å². The number of alkyl halides is 3. The Balaban J connectivity index is 1.57. The van der Waals surface area contributed by atoms with E-state index < -0.39 is 89.9 Å². The smallest absolute Gasteiger partial charge is 0.416 e. The summed E-state index contributed by atoms with van der Waals surface area (Å²) in [5.41, 5.74) is -0.525. The van der Waals surface area contributed by atoms with Gasteiger partial charge in [0.1, 0.15) is 12.6 Å². The van der Waals surface area contributed by atoms with Crippen LogP contribution in [0.2, 0.25) is 0 Å². The van der Waals surface area contributed by atoms with Gasteiger partial charge in [0.2, 0.25) is 23.4 Å². The van der Waals surface area contributed by atoms with E-state index in [0.29, 0.717) is 5.56 Å². The Hall–Kier alpha value is -4.21. The lowest BCUT2D eigenvalue weighted by molar-refractivity contribution is -0.143. The van der Waals surface area contributed by atoms with E-state index in [1.807, 2.05) is 0 Å². The molecule has 0 unspecified atom stereocenters. The van der Waals surface area contributed by atoms with Crippen molar-refractivity contribution in [2.75, 3.05) is 32.8 Å². The number of ketones is 1. The number of hydrogen-bond acceptors (Lipinski definition) is 6. The van der Waals surface area contributed by atoms with Gasteiger partial charge in [-0.25, -0.2) is 8.78 Å². The highest BCUT2D eigenvalue weighted by Crippen LogP contribution is 2.30. The number of carbonyl (C=O) groups is 4. The molecule has 2 N–H and O–H groups in total. The van der Waals surface area contributed by atoms with Gasteiger partial charge in [-0.1, -0.05) is 18.2 Å². The number of piperazine rings is 1. The molecule has 2 aromatic rings. The summed E-state index contributed by atoms with van der Waals surface area (Å²) in [6.07, 6.45) is -5.53. The zero-order valence-corrected chi connectivity index (χ0v) is 20.9. The Bertz CT molecular complexity index is 1310. The van der Waals surface area contributed by atoms with Crippen molar-refractivity contribution in [2.24, 2.45) is 0 Å². The molecule has 0 saturated carbocycles. The van der Waals surface area contributed by atoms with E-state index in [1.165, 1.54) is 12.1 Å². The molecule has 222 valence electrons. The van der Waals surface area contributed by atoms with Crippen LogP contribution in [0.15, 0.2) is 30.3 Å². The third-order valence-corrected chi connectivity index (χ3v) is 5.93. The maximum Gasteiger partial charge on any atom is 0.416 e. The summed E-state index contributed by atoms with van der Waals surface area (Å²) in [4.78, 5) is 51.3. The molecule has 0 radical (unpaired) electrons. The number of carboxylic acids is 1. The standard InChI is InChI=1S/C25H22F7N3O6/c26-15-7-16(27)23(29)24(22(15)28)41-12-18(36)17(8-21(39)40)33-19(37)10-35-5-4-34(11-20(35)38)9-13-2-1-3-14(6-13)25(30,31)32/h1-3,6-7,17H,4-5,8-12H2,(H,33,37)(H,39,40)/t17-/m0/s1. The molecule has 1 fully saturated rings. The Morgan fingerprint density at radius 1 is 1.02 bits per heavy atom. The molecule has 0 aromatic heterocycles. The first-order valence-electron chi connectivity index (χ1n) is 11.8. The third-order valence-electron chi connectivity index (χ3n) is 5.93. The fourth-order valence-electron chi connectivity index (χ4n) is 3.92. The molecule has 2 amide bonds. The first-order valence-corrected chi connectivity index (χ1v) is 11.8. The Morgan fingerprint density at radius 3 is 2.27 bits per heavy atom. The lowest BCUT2D eigenvalue weighted by atomic mass is 10.1. The van der Waals surface area contributed by atoms with Gasteiger partial charge in [0.15, 0.2) is 23.2 Å². The maximum atomic E-state index is 13.8. The SMILES string of the molecule is O=C(O)C[C@H](NC(=O)CN1CCN(Cc2cccc(C(F)(F)F)c2)CC1=O)C(=O)COc1c(F)c(F)cc(F)c1F. The minimum atomic E-state index is -4.53. The lowest BCUT2D eigenvalue weighted by Crippen LogP contribution is -2.54. The molecule has 0 spiro atoms. The number of carboxylic acid groups (broad SMARTS) is 1. The van der Waals surface area contributed by atoms with E-state index in [2.05, 4.69) is 10.1 Å².